The zero-order valence-corrected chi connectivity index (χ0v) is 14.4. The van der Waals surface area contributed by atoms with E-state index in [9.17, 15) is 22.8 Å². The van der Waals surface area contributed by atoms with Crippen molar-refractivity contribution < 1.29 is 18.0 Å². The molecule has 2 aromatic heterocycles. The lowest BCUT2D eigenvalue weighted by molar-refractivity contribution is -0.137. The topological polar surface area (TPSA) is 76.9 Å². The molecule has 0 saturated heterocycles. The van der Waals surface area contributed by atoms with Gasteiger partial charge in [-0.3, -0.25) is 9.59 Å². The van der Waals surface area contributed by atoms with Crippen LogP contribution in [0.3, 0.4) is 0 Å². The van der Waals surface area contributed by atoms with Gasteiger partial charge in [0.1, 0.15) is 18.2 Å². The Balaban J connectivity index is 1.89. The minimum atomic E-state index is -4.61. The molecule has 2 heterocycles. The van der Waals surface area contributed by atoms with Crippen molar-refractivity contribution in [1.29, 1.82) is 0 Å². The summed E-state index contributed by atoms with van der Waals surface area (Å²) in [6.45, 7) is 0. The van der Waals surface area contributed by atoms with Gasteiger partial charge < -0.3 is 9.88 Å². The van der Waals surface area contributed by atoms with Crippen molar-refractivity contribution in [2.75, 3.05) is 5.32 Å². The van der Waals surface area contributed by atoms with Gasteiger partial charge in [0, 0.05) is 18.5 Å². The molecule has 9 heteroatoms. The molecule has 1 aliphatic rings. The van der Waals surface area contributed by atoms with E-state index in [2.05, 4.69) is 15.3 Å². The van der Waals surface area contributed by atoms with Crippen LogP contribution >= 0.6 is 0 Å². The van der Waals surface area contributed by atoms with E-state index in [1.54, 1.807) is 0 Å². The zero-order chi connectivity index (χ0) is 19.4. The first kappa shape index (κ1) is 19.1. The van der Waals surface area contributed by atoms with Crippen LogP contribution in [0.15, 0.2) is 41.7 Å². The average molecular weight is 380 g/mol. The lowest BCUT2D eigenvalue weighted by Crippen LogP contribution is -2.34. The molecule has 2 aromatic rings. The minimum Gasteiger partial charge on any atom is -0.309 e. The Hall–Kier alpha value is -2.71. The lowest BCUT2D eigenvalue weighted by Gasteiger charge is -2.22. The van der Waals surface area contributed by atoms with E-state index in [-0.39, 0.29) is 11.7 Å². The third-order valence-electron chi connectivity index (χ3n) is 4.78. The maximum absolute atomic E-state index is 12.8. The smallest absolute Gasteiger partial charge is 0.309 e. The zero-order valence-electron chi connectivity index (χ0n) is 14.4. The summed E-state index contributed by atoms with van der Waals surface area (Å²) in [5, 5.41) is 2.61. The second-order valence-corrected chi connectivity index (χ2v) is 6.64. The van der Waals surface area contributed by atoms with Gasteiger partial charge in [-0.05, 0) is 24.5 Å². The van der Waals surface area contributed by atoms with Crippen LogP contribution in [0.4, 0.5) is 19.0 Å². The molecule has 1 amide bonds. The molecule has 0 bridgehead atoms. The Morgan fingerprint density at radius 3 is 2.63 bits per heavy atom. The van der Waals surface area contributed by atoms with Crippen LogP contribution in [-0.2, 0) is 11.0 Å². The first-order valence-corrected chi connectivity index (χ1v) is 8.71. The molecule has 0 radical (unpaired) electrons. The van der Waals surface area contributed by atoms with Crippen molar-refractivity contribution in [3.05, 3.63) is 52.8 Å². The van der Waals surface area contributed by atoms with Crippen molar-refractivity contribution in [3.63, 3.8) is 0 Å². The van der Waals surface area contributed by atoms with Crippen molar-refractivity contribution in [3.8, 4) is 0 Å². The summed E-state index contributed by atoms with van der Waals surface area (Å²) in [6.07, 6.45) is 3.53. The van der Waals surface area contributed by atoms with E-state index in [4.69, 9.17) is 0 Å². The van der Waals surface area contributed by atoms with Crippen molar-refractivity contribution >= 4 is 11.7 Å². The van der Waals surface area contributed by atoms with E-state index in [0.717, 1.165) is 42.5 Å². The van der Waals surface area contributed by atoms with E-state index < -0.39 is 29.2 Å². The first-order chi connectivity index (χ1) is 12.8. The minimum absolute atomic E-state index is 0.250. The van der Waals surface area contributed by atoms with E-state index >= 15 is 0 Å². The van der Waals surface area contributed by atoms with Crippen molar-refractivity contribution in [1.82, 2.24) is 14.5 Å². The van der Waals surface area contributed by atoms with E-state index in [0.29, 0.717) is 12.5 Å². The third kappa shape index (κ3) is 4.72. The normalized spacial score (nSPS) is 16.3. The number of aromatic nitrogens is 3. The highest BCUT2D eigenvalue weighted by Gasteiger charge is 2.33. The molecular formula is C18H19F3N4O2. The summed E-state index contributed by atoms with van der Waals surface area (Å²) in [6, 6.07) is 1.94. The molecular weight excluding hydrogens is 361 g/mol. The number of halogens is 3. The number of pyridine rings is 1. The number of nitrogens with zero attached hydrogens (tertiary/aromatic N) is 3. The summed E-state index contributed by atoms with van der Waals surface area (Å²) in [5.41, 5.74) is -1.88. The maximum Gasteiger partial charge on any atom is 0.416 e. The molecule has 1 fully saturated rings. The number of nitrogens with one attached hydrogen (secondary N) is 1. The standard InChI is InChI=1S/C18H19F3N4O2/c19-18(20,21)13-6-8-25(16(26)10-13)14(9-12-3-1-2-4-12)17(27)24-15-5-7-22-11-23-15/h5-8,10-12,14H,1-4,9H2,(H,22,23,24,27). The van der Waals surface area contributed by atoms with Gasteiger partial charge in [-0.15, -0.1) is 0 Å². The first-order valence-electron chi connectivity index (χ1n) is 8.71. The van der Waals surface area contributed by atoms with Crippen molar-refractivity contribution in [2.24, 2.45) is 5.92 Å². The van der Waals surface area contributed by atoms with Gasteiger partial charge in [0.15, 0.2) is 0 Å². The molecule has 1 N–H and O–H groups in total. The molecule has 1 atom stereocenters. The number of anilines is 1. The number of amides is 1. The molecule has 0 aliphatic heterocycles. The third-order valence-corrected chi connectivity index (χ3v) is 4.78. The number of alkyl halides is 3. The molecule has 6 nitrogen and oxygen atoms in total. The summed E-state index contributed by atoms with van der Waals surface area (Å²) in [5.74, 6) is 0.0363. The second-order valence-electron chi connectivity index (χ2n) is 6.64. The number of hydrogen-bond donors (Lipinski definition) is 1. The van der Waals surface area contributed by atoms with Gasteiger partial charge >= 0.3 is 6.18 Å². The molecule has 3 rings (SSSR count). The predicted octanol–water partition coefficient (Wildman–Crippen LogP) is 3.42. The fourth-order valence-corrected chi connectivity index (χ4v) is 3.41. The molecule has 0 aromatic carbocycles. The van der Waals surface area contributed by atoms with Gasteiger partial charge in [-0.2, -0.15) is 13.2 Å². The highest BCUT2D eigenvalue weighted by atomic mass is 19.4. The van der Waals surface area contributed by atoms with Crippen LogP contribution in [-0.4, -0.2) is 20.4 Å². The molecule has 1 aliphatic carbocycles. The van der Waals surface area contributed by atoms with Gasteiger partial charge in [-0.25, -0.2) is 9.97 Å². The Bertz CT molecular complexity index is 846. The quantitative estimate of drug-likeness (QED) is 0.862. The molecule has 144 valence electrons. The van der Waals surface area contributed by atoms with Crippen molar-refractivity contribution in [2.45, 2.75) is 44.3 Å². The fourth-order valence-electron chi connectivity index (χ4n) is 3.41. The predicted molar refractivity (Wildman–Crippen MR) is 92.0 cm³/mol. The van der Waals surface area contributed by atoms with Crippen LogP contribution < -0.4 is 10.9 Å². The summed E-state index contributed by atoms with van der Waals surface area (Å²) in [4.78, 5) is 32.8. The van der Waals surface area contributed by atoms with Gasteiger partial charge in [0.2, 0.25) is 5.91 Å². The largest absolute Gasteiger partial charge is 0.416 e. The second kappa shape index (κ2) is 7.89. The lowest BCUT2D eigenvalue weighted by atomic mass is 9.97. The maximum atomic E-state index is 12.8. The van der Waals surface area contributed by atoms with Crippen LogP contribution in [0.2, 0.25) is 0 Å². The molecule has 0 spiro atoms. The molecule has 1 unspecified atom stereocenters. The highest BCUT2D eigenvalue weighted by Crippen LogP contribution is 2.33. The Morgan fingerprint density at radius 1 is 1.30 bits per heavy atom. The fraction of sp³-hybridized carbons (Fsp3) is 0.444. The van der Waals surface area contributed by atoms with Crippen LogP contribution in [0, 0.1) is 5.92 Å². The SMILES string of the molecule is O=C(Nc1ccncn1)C(CC1CCCC1)n1ccc(C(F)(F)F)cc1=O. The number of carbonyl (C=O) groups excluding carboxylic acids is 1. The Morgan fingerprint density at radius 2 is 2.04 bits per heavy atom. The molecule has 1 saturated carbocycles. The van der Waals surface area contributed by atoms with Crippen LogP contribution in [0.1, 0.15) is 43.7 Å². The monoisotopic (exact) mass is 380 g/mol. The average Bonchev–Trinajstić information content (AvgIpc) is 3.13. The summed E-state index contributed by atoms with van der Waals surface area (Å²) in [7, 11) is 0. The van der Waals surface area contributed by atoms with E-state index in [1.807, 2.05) is 0 Å². The van der Waals surface area contributed by atoms with Gasteiger partial charge in [-0.1, -0.05) is 25.7 Å². The highest BCUT2D eigenvalue weighted by molar-refractivity contribution is 5.92. The van der Waals surface area contributed by atoms with Crippen LogP contribution in [0.5, 0.6) is 0 Å². The Kier molecular flexibility index (Phi) is 5.57. The van der Waals surface area contributed by atoms with Gasteiger partial charge in [0.25, 0.3) is 5.56 Å². The molecule has 27 heavy (non-hydrogen) atoms. The van der Waals surface area contributed by atoms with E-state index in [1.165, 1.54) is 18.6 Å². The summed E-state index contributed by atoms with van der Waals surface area (Å²) < 4.78 is 39.6. The van der Waals surface area contributed by atoms with Gasteiger partial charge in [0.05, 0.1) is 5.56 Å². The number of carbonyl (C=O) groups is 1. The Labute approximate surface area is 153 Å². The summed E-state index contributed by atoms with van der Waals surface area (Å²) >= 11 is 0. The van der Waals surface area contributed by atoms with Crippen LogP contribution in [0.25, 0.3) is 0 Å². The number of rotatable bonds is 5. The number of hydrogen-bond acceptors (Lipinski definition) is 4.